The molecule has 2 unspecified atom stereocenters. The molecular formula is C20H24N2O5. The van der Waals surface area contributed by atoms with Crippen LogP contribution in [0.3, 0.4) is 0 Å². The molecule has 4 N–H and O–H groups in total. The maximum absolute atomic E-state index is 11.8. The predicted octanol–water partition coefficient (Wildman–Crippen LogP) is 2.17. The summed E-state index contributed by atoms with van der Waals surface area (Å²) in [5.41, 5.74) is 10.8. The number of carbonyl (C=O) groups is 2. The van der Waals surface area contributed by atoms with Gasteiger partial charge in [0.25, 0.3) is 0 Å². The first-order chi connectivity index (χ1) is 12.6. The van der Waals surface area contributed by atoms with Crippen molar-refractivity contribution in [3.05, 3.63) is 59.7 Å². The number of hydrogen-bond donors (Lipinski definition) is 2. The summed E-state index contributed by atoms with van der Waals surface area (Å²) >= 11 is 0. The first kappa shape index (κ1) is 20.4. The minimum absolute atomic E-state index is 0.526. The molecule has 0 spiro atoms. The number of nitrogens with two attached hydrogens (primary N) is 2. The van der Waals surface area contributed by atoms with Crippen LogP contribution < -0.4 is 16.2 Å². The van der Waals surface area contributed by atoms with Gasteiger partial charge in [0.15, 0.2) is 0 Å². The van der Waals surface area contributed by atoms with Gasteiger partial charge in [0, 0.05) is 0 Å². The lowest BCUT2D eigenvalue weighted by atomic mass is 9.93. The molecule has 7 nitrogen and oxygen atoms in total. The van der Waals surface area contributed by atoms with E-state index in [9.17, 15) is 9.59 Å². The molecule has 0 amide bonds. The summed E-state index contributed by atoms with van der Waals surface area (Å²) in [4.78, 5) is 23.5. The third-order valence-corrected chi connectivity index (χ3v) is 4.36. The average molecular weight is 372 g/mol. The van der Waals surface area contributed by atoms with E-state index < -0.39 is 23.0 Å². The van der Waals surface area contributed by atoms with Crippen LogP contribution in [0.25, 0.3) is 0 Å². The molecule has 7 heteroatoms. The second-order valence-electron chi connectivity index (χ2n) is 6.54. The molecule has 0 radical (unpaired) electrons. The van der Waals surface area contributed by atoms with Gasteiger partial charge in [-0.1, -0.05) is 24.3 Å². The molecule has 27 heavy (non-hydrogen) atoms. The smallest absolute Gasteiger partial charge is 0.330 e. The van der Waals surface area contributed by atoms with E-state index >= 15 is 0 Å². The van der Waals surface area contributed by atoms with E-state index in [-0.39, 0.29) is 0 Å². The highest BCUT2D eigenvalue weighted by molar-refractivity contribution is 5.82. The standard InChI is InChI=1S/C20H24N2O5/c1-19(21,17(23)25-3)13-5-9-15(10-6-13)27-16-11-7-14(8-12-16)20(2,22)18(24)26-4/h5-12H,21-22H2,1-4H3. The van der Waals surface area contributed by atoms with Gasteiger partial charge < -0.3 is 25.7 Å². The Morgan fingerprint density at radius 2 is 1.00 bits per heavy atom. The van der Waals surface area contributed by atoms with Crippen molar-refractivity contribution in [1.29, 1.82) is 0 Å². The van der Waals surface area contributed by atoms with E-state index in [0.29, 0.717) is 22.6 Å². The molecule has 2 rings (SSSR count). The summed E-state index contributed by atoms with van der Waals surface area (Å²) in [6, 6.07) is 13.6. The molecule has 0 bridgehead atoms. The highest BCUT2D eigenvalue weighted by Gasteiger charge is 2.32. The van der Waals surface area contributed by atoms with E-state index in [1.807, 2.05) is 0 Å². The van der Waals surface area contributed by atoms with Crippen molar-refractivity contribution in [2.45, 2.75) is 24.9 Å². The van der Waals surface area contributed by atoms with Crippen LogP contribution in [-0.4, -0.2) is 26.2 Å². The molecule has 0 aromatic heterocycles. The highest BCUT2D eigenvalue weighted by Crippen LogP contribution is 2.27. The van der Waals surface area contributed by atoms with Crippen molar-refractivity contribution in [3.63, 3.8) is 0 Å². The van der Waals surface area contributed by atoms with Crippen molar-refractivity contribution in [2.24, 2.45) is 11.5 Å². The zero-order valence-corrected chi connectivity index (χ0v) is 15.8. The van der Waals surface area contributed by atoms with Gasteiger partial charge in [-0.2, -0.15) is 0 Å². The summed E-state index contributed by atoms with van der Waals surface area (Å²) in [6.07, 6.45) is 0. The van der Waals surface area contributed by atoms with Crippen LogP contribution in [0, 0.1) is 0 Å². The lowest BCUT2D eigenvalue weighted by Crippen LogP contribution is -2.42. The third-order valence-electron chi connectivity index (χ3n) is 4.36. The molecule has 0 heterocycles. The predicted molar refractivity (Wildman–Crippen MR) is 100 cm³/mol. The Balaban J connectivity index is 2.14. The first-order valence-corrected chi connectivity index (χ1v) is 8.26. The molecule has 0 aliphatic carbocycles. The summed E-state index contributed by atoms with van der Waals surface area (Å²) in [5, 5.41) is 0. The fraction of sp³-hybridized carbons (Fsp3) is 0.300. The Kier molecular flexibility index (Phi) is 5.88. The Labute approximate surface area is 158 Å². The number of rotatable bonds is 6. The van der Waals surface area contributed by atoms with Gasteiger partial charge in [0.1, 0.15) is 22.6 Å². The second-order valence-corrected chi connectivity index (χ2v) is 6.54. The van der Waals surface area contributed by atoms with Crippen molar-refractivity contribution in [3.8, 4) is 11.5 Å². The highest BCUT2D eigenvalue weighted by atomic mass is 16.5. The molecule has 0 saturated carbocycles. The molecule has 144 valence electrons. The molecule has 0 aliphatic rings. The Hall–Kier alpha value is -2.90. The van der Waals surface area contributed by atoms with E-state index in [1.165, 1.54) is 14.2 Å². The van der Waals surface area contributed by atoms with Crippen LogP contribution in [-0.2, 0) is 30.1 Å². The van der Waals surface area contributed by atoms with Gasteiger partial charge in [-0.05, 0) is 49.2 Å². The molecular weight excluding hydrogens is 348 g/mol. The topological polar surface area (TPSA) is 114 Å². The van der Waals surface area contributed by atoms with Gasteiger partial charge in [-0.25, -0.2) is 9.59 Å². The quantitative estimate of drug-likeness (QED) is 0.747. The molecule has 2 atom stereocenters. The fourth-order valence-electron chi connectivity index (χ4n) is 2.53. The van der Waals surface area contributed by atoms with Gasteiger partial charge in [0.05, 0.1) is 14.2 Å². The fourth-order valence-corrected chi connectivity index (χ4v) is 2.53. The van der Waals surface area contributed by atoms with Gasteiger partial charge >= 0.3 is 11.9 Å². The zero-order valence-electron chi connectivity index (χ0n) is 15.8. The van der Waals surface area contributed by atoms with E-state index in [2.05, 4.69) is 0 Å². The van der Waals surface area contributed by atoms with Gasteiger partial charge in [0.2, 0.25) is 0 Å². The van der Waals surface area contributed by atoms with E-state index in [0.717, 1.165) is 0 Å². The third kappa shape index (κ3) is 4.27. The van der Waals surface area contributed by atoms with Crippen LogP contribution >= 0.6 is 0 Å². The lowest BCUT2D eigenvalue weighted by Gasteiger charge is -2.22. The minimum atomic E-state index is -1.24. The van der Waals surface area contributed by atoms with Crippen LogP contribution in [0.4, 0.5) is 0 Å². The molecule has 2 aromatic carbocycles. The average Bonchev–Trinajstić information content (AvgIpc) is 2.67. The minimum Gasteiger partial charge on any atom is -0.467 e. The molecule has 0 fully saturated rings. The maximum atomic E-state index is 11.8. The molecule has 2 aromatic rings. The number of carbonyl (C=O) groups excluding carboxylic acids is 2. The first-order valence-electron chi connectivity index (χ1n) is 8.26. The Morgan fingerprint density at radius 3 is 1.26 bits per heavy atom. The zero-order chi connectivity index (χ0) is 20.2. The van der Waals surface area contributed by atoms with Crippen LogP contribution in [0.15, 0.2) is 48.5 Å². The van der Waals surface area contributed by atoms with Gasteiger partial charge in [-0.3, -0.25) is 0 Å². The van der Waals surface area contributed by atoms with Crippen molar-refractivity contribution < 1.29 is 23.8 Å². The normalized spacial score (nSPS) is 15.2. The second kappa shape index (κ2) is 7.77. The number of benzene rings is 2. The monoisotopic (exact) mass is 372 g/mol. The Morgan fingerprint density at radius 1 is 0.704 bits per heavy atom. The number of hydrogen-bond acceptors (Lipinski definition) is 7. The molecule has 0 saturated heterocycles. The lowest BCUT2D eigenvalue weighted by molar-refractivity contribution is -0.147. The summed E-state index contributed by atoms with van der Waals surface area (Å²) in [6.45, 7) is 3.16. The largest absolute Gasteiger partial charge is 0.467 e. The maximum Gasteiger partial charge on any atom is 0.330 e. The van der Waals surface area contributed by atoms with Crippen LogP contribution in [0.2, 0.25) is 0 Å². The van der Waals surface area contributed by atoms with Crippen LogP contribution in [0.1, 0.15) is 25.0 Å². The summed E-state index contributed by atoms with van der Waals surface area (Å²) in [5.74, 6) is 0.0793. The van der Waals surface area contributed by atoms with E-state index in [1.54, 1.807) is 62.4 Å². The van der Waals surface area contributed by atoms with Crippen LogP contribution in [0.5, 0.6) is 11.5 Å². The SMILES string of the molecule is COC(=O)C(C)(N)c1ccc(Oc2ccc(C(C)(N)C(=O)OC)cc2)cc1. The molecule has 0 aliphatic heterocycles. The van der Waals surface area contributed by atoms with Crippen molar-refractivity contribution >= 4 is 11.9 Å². The van der Waals surface area contributed by atoms with E-state index in [4.69, 9.17) is 25.7 Å². The number of esters is 2. The Bertz CT molecular complexity index is 742. The van der Waals surface area contributed by atoms with Crippen molar-refractivity contribution in [1.82, 2.24) is 0 Å². The number of ether oxygens (including phenoxy) is 3. The van der Waals surface area contributed by atoms with Gasteiger partial charge in [-0.15, -0.1) is 0 Å². The number of methoxy groups -OCH3 is 2. The summed E-state index contributed by atoms with van der Waals surface area (Å²) in [7, 11) is 2.59. The summed E-state index contributed by atoms with van der Waals surface area (Å²) < 4.78 is 15.2. The van der Waals surface area contributed by atoms with Crippen molar-refractivity contribution in [2.75, 3.05) is 14.2 Å².